The van der Waals surface area contributed by atoms with Crippen LogP contribution in [0.3, 0.4) is 0 Å². The normalized spacial score (nSPS) is 11.0. The predicted octanol–water partition coefficient (Wildman–Crippen LogP) is 3.69. The summed E-state index contributed by atoms with van der Waals surface area (Å²) in [6, 6.07) is 7.67. The molecule has 3 rings (SSSR count). The van der Waals surface area contributed by atoms with Crippen molar-refractivity contribution in [2.75, 3.05) is 12.4 Å². The Morgan fingerprint density at radius 3 is 2.65 bits per heavy atom. The molecule has 0 saturated carbocycles. The first-order chi connectivity index (χ1) is 9.61. The molecular formula is C15H14FN3O. The average Bonchev–Trinajstić information content (AvgIpc) is 2.77. The fraction of sp³-hybridized carbons (Fsp3) is 0.200. The largest absolute Gasteiger partial charge is 0.461 e. The molecule has 0 radical (unpaired) electrons. The van der Waals surface area contributed by atoms with E-state index in [0.717, 1.165) is 22.3 Å². The highest BCUT2D eigenvalue weighted by molar-refractivity contribution is 5.93. The molecule has 0 bridgehead atoms. The molecule has 0 atom stereocenters. The quantitative estimate of drug-likeness (QED) is 0.772. The van der Waals surface area contributed by atoms with Gasteiger partial charge >= 0.3 is 0 Å². The zero-order valence-electron chi connectivity index (χ0n) is 11.5. The lowest BCUT2D eigenvalue weighted by atomic mass is 10.1. The van der Waals surface area contributed by atoms with E-state index in [4.69, 9.17) is 4.42 Å². The van der Waals surface area contributed by atoms with Crippen LogP contribution in [0.15, 0.2) is 28.7 Å². The Balaban J connectivity index is 2.31. The molecule has 20 heavy (non-hydrogen) atoms. The van der Waals surface area contributed by atoms with Crippen molar-refractivity contribution < 1.29 is 8.81 Å². The van der Waals surface area contributed by atoms with Crippen molar-refractivity contribution in [1.29, 1.82) is 0 Å². The minimum absolute atomic E-state index is 0.192. The van der Waals surface area contributed by atoms with E-state index in [-0.39, 0.29) is 5.82 Å². The van der Waals surface area contributed by atoms with E-state index < -0.39 is 5.82 Å². The van der Waals surface area contributed by atoms with Gasteiger partial charge < -0.3 is 9.73 Å². The molecule has 0 amide bonds. The van der Waals surface area contributed by atoms with Crippen molar-refractivity contribution in [3.63, 3.8) is 0 Å². The molecule has 2 heterocycles. The molecule has 0 aliphatic carbocycles. The topological polar surface area (TPSA) is 51.0 Å². The molecule has 0 saturated heterocycles. The van der Waals surface area contributed by atoms with E-state index >= 15 is 0 Å². The monoisotopic (exact) mass is 271 g/mol. The van der Waals surface area contributed by atoms with Gasteiger partial charge in [0.05, 0.1) is 11.3 Å². The van der Waals surface area contributed by atoms with Gasteiger partial charge in [0.1, 0.15) is 11.3 Å². The fourth-order valence-electron chi connectivity index (χ4n) is 2.28. The summed E-state index contributed by atoms with van der Waals surface area (Å²) in [5, 5.41) is 3.68. The highest BCUT2D eigenvalue weighted by Gasteiger charge is 2.18. The third-order valence-corrected chi connectivity index (χ3v) is 3.25. The summed E-state index contributed by atoms with van der Waals surface area (Å²) in [7, 11) is 1.63. The molecule has 1 N–H and O–H groups in total. The van der Waals surface area contributed by atoms with E-state index in [1.165, 1.54) is 0 Å². The third kappa shape index (κ3) is 1.82. The number of furan rings is 1. The van der Waals surface area contributed by atoms with Gasteiger partial charge in [0.15, 0.2) is 17.5 Å². The number of nitrogens with zero attached hydrogens (tertiary/aromatic N) is 2. The summed E-state index contributed by atoms with van der Waals surface area (Å²) in [4.78, 5) is 8.50. The molecule has 0 aliphatic rings. The highest BCUT2D eigenvalue weighted by Crippen LogP contribution is 2.33. The van der Waals surface area contributed by atoms with E-state index in [9.17, 15) is 4.39 Å². The minimum atomic E-state index is -0.429. The Hall–Kier alpha value is -2.43. The number of halogens is 1. The number of aromatic nitrogens is 2. The second kappa shape index (κ2) is 4.59. The number of anilines is 1. The van der Waals surface area contributed by atoms with E-state index in [2.05, 4.69) is 15.3 Å². The SMILES string of the molecule is CNc1nc(-c2c(C)oc3ccccc23)nc(C)c1F. The maximum Gasteiger partial charge on any atom is 0.186 e. The highest BCUT2D eigenvalue weighted by atomic mass is 19.1. The lowest BCUT2D eigenvalue weighted by Gasteiger charge is -2.07. The molecule has 0 spiro atoms. The van der Waals surface area contributed by atoms with Crippen LogP contribution in [-0.4, -0.2) is 17.0 Å². The number of hydrogen-bond donors (Lipinski definition) is 1. The maximum atomic E-state index is 13.8. The van der Waals surface area contributed by atoms with Gasteiger partial charge in [0.25, 0.3) is 0 Å². The molecule has 102 valence electrons. The summed E-state index contributed by atoms with van der Waals surface area (Å²) in [6.45, 7) is 3.48. The summed E-state index contributed by atoms with van der Waals surface area (Å²) < 4.78 is 19.5. The molecule has 0 aliphatic heterocycles. The number of fused-ring (bicyclic) bond motifs is 1. The number of para-hydroxylation sites is 1. The van der Waals surface area contributed by atoms with Crippen LogP contribution in [0.25, 0.3) is 22.4 Å². The molecule has 0 fully saturated rings. The Labute approximate surface area is 115 Å². The first kappa shape index (κ1) is 12.6. The second-order valence-corrected chi connectivity index (χ2v) is 4.57. The number of hydrogen-bond acceptors (Lipinski definition) is 4. The maximum absolute atomic E-state index is 13.8. The number of nitrogens with one attached hydrogen (secondary N) is 1. The summed E-state index contributed by atoms with van der Waals surface area (Å²) in [5.74, 6) is 0.953. The number of aryl methyl sites for hydroxylation is 2. The van der Waals surface area contributed by atoms with E-state index in [1.807, 2.05) is 31.2 Å². The zero-order chi connectivity index (χ0) is 14.3. The van der Waals surface area contributed by atoms with Crippen molar-refractivity contribution in [1.82, 2.24) is 9.97 Å². The van der Waals surface area contributed by atoms with Crippen molar-refractivity contribution in [2.24, 2.45) is 0 Å². The first-order valence-corrected chi connectivity index (χ1v) is 6.32. The van der Waals surface area contributed by atoms with Crippen molar-refractivity contribution in [3.05, 3.63) is 41.5 Å². The molecule has 0 unspecified atom stereocenters. The van der Waals surface area contributed by atoms with Gasteiger partial charge in [-0.3, -0.25) is 0 Å². The van der Waals surface area contributed by atoms with Gasteiger partial charge in [0.2, 0.25) is 0 Å². The zero-order valence-corrected chi connectivity index (χ0v) is 11.5. The lowest BCUT2D eigenvalue weighted by Crippen LogP contribution is -2.03. The molecule has 1 aromatic carbocycles. The van der Waals surface area contributed by atoms with Crippen LogP contribution in [0.5, 0.6) is 0 Å². The van der Waals surface area contributed by atoms with Gasteiger partial charge in [-0.1, -0.05) is 18.2 Å². The van der Waals surface area contributed by atoms with Gasteiger partial charge in [-0.05, 0) is 19.9 Å². The van der Waals surface area contributed by atoms with Gasteiger partial charge in [-0.2, -0.15) is 0 Å². The van der Waals surface area contributed by atoms with Gasteiger partial charge in [-0.15, -0.1) is 0 Å². The Bertz CT molecular complexity index is 795. The lowest BCUT2D eigenvalue weighted by molar-refractivity contribution is 0.579. The minimum Gasteiger partial charge on any atom is -0.461 e. The molecule has 4 nitrogen and oxygen atoms in total. The number of rotatable bonds is 2. The molecule has 2 aromatic heterocycles. The van der Waals surface area contributed by atoms with Crippen molar-refractivity contribution in [2.45, 2.75) is 13.8 Å². The Morgan fingerprint density at radius 2 is 1.90 bits per heavy atom. The van der Waals surface area contributed by atoms with Crippen molar-refractivity contribution >= 4 is 16.8 Å². The average molecular weight is 271 g/mol. The smallest absolute Gasteiger partial charge is 0.186 e. The van der Waals surface area contributed by atoms with Crippen LogP contribution in [0.2, 0.25) is 0 Å². The van der Waals surface area contributed by atoms with E-state index in [1.54, 1.807) is 14.0 Å². The van der Waals surface area contributed by atoms with Gasteiger partial charge in [0, 0.05) is 12.4 Å². The van der Waals surface area contributed by atoms with Crippen LogP contribution in [0.4, 0.5) is 10.2 Å². The third-order valence-electron chi connectivity index (χ3n) is 3.25. The standard InChI is InChI=1S/C15H14FN3O/c1-8-13(16)15(17-3)19-14(18-8)12-9(2)20-11-7-5-4-6-10(11)12/h4-7H,1-3H3,(H,17,18,19). The second-order valence-electron chi connectivity index (χ2n) is 4.57. The van der Waals surface area contributed by atoms with Crippen LogP contribution in [0.1, 0.15) is 11.5 Å². The van der Waals surface area contributed by atoms with E-state index in [0.29, 0.717) is 11.5 Å². The van der Waals surface area contributed by atoms with Crippen LogP contribution >= 0.6 is 0 Å². The molecule has 3 aromatic rings. The van der Waals surface area contributed by atoms with Crippen LogP contribution in [-0.2, 0) is 0 Å². The molecular weight excluding hydrogens is 257 g/mol. The Kier molecular flexibility index (Phi) is 2.89. The summed E-state index contributed by atoms with van der Waals surface area (Å²) >= 11 is 0. The number of benzene rings is 1. The predicted molar refractivity (Wildman–Crippen MR) is 76.2 cm³/mol. The Morgan fingerprint density at radius 1 is 1.15 bits per heavy atom. The summed E-state index contributed by atoms with van der Waals surface area (Å²) in [5.41, 5.74) is 1.89. The van der Waals surface area contributed by atoms with Crippen LogP contribution in [0, 0.1) is 19.7 Å². The van der Waals surface area contributed by atoms with Crippen LogP contribution < -0.4 is 5.32 Å². The van der Waals surface area contributed by atoms with Crippen molar-refractivity contribution in [3.8, 4) is 11.4 Å². The summed E-state index contributed by atoms with van der Waals surface area (Å²) in [6.07, 6.45) is 0. The first-order valence-electron chi connectivity index (χ1n) is 6.32. The molecule has 5 heteroatoms. The van der Waals surface area contributed by atoms with Gasteiger partial charge in [-0.25, -0.2) is 14.4 Å². The fourth-order valence-corrected chi connectivity index (χ4v) is 2.28.